The van der Waals surface area contributed by atoms with E-state index in [9.17, 15) is 14.0 Å². The molecule has 0 radical (unpaired) electrons. The molecule has 9 nitrogen and oxygen atoms in total. The summed E-state index contributed by atoms with van der Waals surface area (Å²) in [6.07, 6.45) is 0. The summed E-state index contributed by atoms with van der Waals surface area (Å²) in [6, 6.07) is 5.88. The molecule has 1 atom stereocenters. The van der Waals surface area contributed by atoms with E-state index in [0.29, 0.717) is 25.7 Å². The fraction of sp³-hybridized carbons (Fsp3) is 0.429. The van der Waals surface area contributed by atoms with Crippen LogP contribution in [0.5, 0.6) is 0 Å². The molecule has 0 bridgehead atoms. The van der Waals surface area contributed by atoms with Crippen LogP contribution in [0.3, 0.4) is 0 Å². The smallest absolute Gasteiger partial charge is 0.332 e. The molecule has 0 saturated heterocycles. The largest absolute Gasteiger partial charge is 0.380 e. The number of benzene rings is 1. The zero-order valence-electron chi connectivity index (χ0n) is 18.0. The van der Waals surface area contributed by atoms with Gasteiger partial charge in [-0.2, -0.15) is 10.1 Å². The number of rotatable bonds is 6. The number of fused-ring (bicyclic) bond motifs is 3. The van der Waals surface area contributed by atoms with E-state index in [2.05, 4.69) is 10.1 Å². The zero-order valence-corrected chi connectivity index (χ0v) is 18.0. The van der Waals surface area contributed by atoms with Crippen LogP contribution in [-0.2, 0) is 18.3 Å². The van der Waals surface area contributed by atoms with E-state index in [-0.39, 0.29) is 29.3 Å². The lowest BCUT2D eigenvalue weighted by atomic mass is 10.2. The number of halogens is 1. The number of hydrazone groups is 1. The van der Waals surface area contributed by atoms with E-state index < -0.39 is 17.1 Å². The lowest BCUT2D eigenvalue weighted by Gasteiger charge is -2.29. The minimum absolute atomic E-state index is 0.163. The molecular weight excluding hydrogens is 403 g/mol. The molecular formula is C21H25FN6O3. The van der Waals surface area contributed by atoms with Gasteiger partial charge in [-0.05, 0) is 26.8 Å². The van der Waals surface area contributed by atoms with Crippen molar-refractivity contribution in [2.24, 2.45) is 12.1 Å². The number of anilines is 1. The first-order chi connectivity index (χ1) is 14.8. The van der Waals surface area contributed by atoms with Gasteiger partial charge in [0, 0.05) is 19.2 Å². The van der Waals surface area contributed by atoms with Crippen LogP contribution in [0, 0.1) is 5.82 Å². The van der Waals surface area contributed by atoms with Crippen molar-refractivity contribution in [2.75, 3.05) is 24.8 Å². The van der Waals surface area contributed by atoms with Crippen LogP contribution in [-0.4, -0.2) is 44.2 Å². The highest BCUT2D eigenvalue weighted by Gasteiger charge is 2.30. The summed E-state index contributed by atoms with van der Waals surface area (Å²) >= 11 is 0. The van der Waals surface area contributed by atoms with Gasteiger partial charge in [0.25, 0.3) is 5.56 Å². The fourth-order valence-corrected chi connectivity index (χ4v) is 3.76. The number of nitrogens with zero attached hydrogens (tertiary/aromatic N) is 6. The maximum atomic E-state index is 14.2. The average molecular weight is 428 g/mol. The minimum Gasteiger partial charge on any atom is -0.380 e. The molecule has 0 amide bonds. The number of hydrogen-bond donors (Lipinski definition) is 0. The second kappa shape index (κ2) is 8.10. The molecule has 3 aromatic rings. The van der Waals surface area contributed by atoms with Crippen molar-refractivity contribution < 1.29 is 9.13 Å². The van der Waals surface area contributed by atoms with Crippen molar-refractivity contribution in [2.45, 2.75) is 33.4 Å². The van der Waals surface area contributed by atoms with Gasteiger partial charge < -0.3 is 4.74 Å². The number of imidazole rings is 1. The average Bonchev–Trinajstić information content (AvgIpc) is 3.16. The van der Waals surface area contributed by atoms with Crippen molar-refractivity contribution in [3.63, 3.8) is 0 Å². The minimum atomic E-state index is -0.553. The highest BCUT2D eigenvalue weighted by molar-refractivity contribution is 5.91. The third-order valence-electron chi connectivity index (χ3n) is 5.60. The van der Waals surface area contributed by atoms with Crippen molar-refractivity contribution in [3.8, 4) is 0 Å². The number of aryl methyl sites for hydroxylation is 1. The Morgan fingerprint density at radius 1 is 1.23 bits per heavy atom. The second-order valence-electron chi connectivity index (χ2n) is 7.52. The van der Waals surface area contributed by atoms with E-state index in [1.807, 2.05) is 20.8 Å². The summed E-state index contributed by atoms with van der Waals surface area (Å²) in [6.45, 7) is 7.04. The summed E-state index contributed by atoms with van der Waals surface area (Å²) in [5.74, 6) is 0.00820. The number of ether oxygens (including phenoxy) is 1. The molecule has 0 fully saturated rings. The van der Waals surface area contributed by atoms with E-state index in [1.165, 1.54) is 10.6 Å². The monoisotopic (exact) mass is 428 g/mol. The number of aromatic nitrogens is 4. The molecule has 1 aliphatic rings. The second-order valence-corrected chi connectivity index (χ2v) is 7.52. The highest BCUT2D eigenvalue weighted by Crippen LogP contribution is 2.29. The highest BCUT2D eigenvalue weighted by atomic mass is 19.1. The predicted molar refractivity (Wildman–Crippen MR) is 116 cm³/mol. The van der Waals surface area contributed by atoms with Crippen LogP contribution in [0.15, 0.2) is 39.0 Å². The Morgan fingerprint density at radius 2 is 1.97 bits per heavy atom. The molecule has 2 aromatic heterocycles. The lowest BCUT2D eigenvalue weighted by Crippen LogP contribution is -2.41. The zero-order chi connectivity index (χ0) is 22.3. The molecule has 31 heavy (non-hydrogen) atoms. The summed E-state index contributed by atoms with van der Waals surface area (Å²) in [5, 5.41) is 6.29. The number of hydrogen-bond acceptors (Lipinski definition) is 6. The Balaban J connectivity index is 1.91. The summed E-state index contributed by atoms with van der Waals surface area (Å²) in [5.41, 5.74) is 0.569. The Bertz CT molecular complexity index is 1290. The van der Waals surface area contributed by atoms with Gasteiger partial charge in [-0.25, -0.2) is 14.2 Å². The third-order valence-corrected chi connectivity index (χ3v) is 5.60. The van der Waals surface area contributed by atoms with Gasteiger partial charge in [-0.3, -0.25) is 18.5 Å². The van der Waals surface area contributed by atoms with E-state index >= 15 is 0 Å². The molecule has 0 N–H and O–H groups in total. The predicted octanol–water partition coefficient (Wildman–Crippen LogP) is 1.88. The Hall–Kier alpha value is -3.27. The Morgan fingerprint density at radius 3 is 2.68 bits per heavy atom. The van der Waals surface area contributed by atoms with Crippen LogP contribution in [0.2, 0.25) is 0 Å². The maximum Gasteiger partial charge on any atom is 0.332 e. The molecule has 1 aromatic carbocycles. The van der Waals surface area contributed by atoms with Gasteiger partial charge in [0.1, 0.15) is 5.82 Å². The fourth-order valence-electron chi connectivity index (χ4n) is 3.76. The summed E-state index contributed by atoms with van der Waals surface area (Å²) < 4.78 is 23.8. The molecule has 164 valence electrons. The Kier molecular flexibility index (Phi) is 5.48. The van der Waals surface area contributed by atoms with Crippen molar-refractivity contribution in [1.82, 2.24) is 18.7 Å². The van der Waals surface area contributed by atoms with E-state index in [0.717, 1.165) is 10.3 Å². The van der Waals surface area contributed by atoms with Crippen LogP contribution >= 0.6 is 0 Å². The van der Waals surface area contributed by atoms with Gasteiger partial charge in [0.15, 0.2) is 11.2 Å². The first kappa shape index (κ1) is 21.0. The van der Waals surface area contributed by atoms with Crippen LogP contribution in [0.1, 0.15) is 32.4 Å². The van der Waals surface area contributed by atoms with E-state index in [4.69, 9.17) is 4.74 Å². The van der Waals surface area contributed by atoms with Gasteiger partial charge >= 0.3 is 5.69 Å². The van der Waals surface area contributed by atoms with Gasteiger partial charge in [-0.1, -0.05) is 18.2 Å². The molecule has 0 aliphatic carbocycles. The van der Waals surface area contributed by atoms with Crippen molar-refractivity contribution in [3.05, 3.63) is 56.5 Å². The Labute approximate surface area is 178 Å². The third kappa shape index (κ3) is 3.46. The standard InChI is InChI=1S/C21H25FN6O3/c1-5-31-11-10-27-20-23-18-17(28(20)14(3)13(2)24-27)19(29)26(21(30)25(18)4)12-15-8-6-7-9-16(15)22/h6-9,14H,5,10-12H2,1-4H3/t14-/m1/s1. The summed E-state index contributed by atoms with van der Waals surface area (Å²) in [4.78, 5) is 31.0. The first-order valence-electron chi connectivity index (χ1n) is 10.2. The van der Waals surface area contributed by atoms with Gasteiger partial charge in [0.05, 0.1) is 31.4 Å². The molecule has 0 saturated carbocycles. The van der Waals surface area contributed by atoms with Gasteiger partial charge in [-0.15, -0.1) is 0 Å². The quantitative estimate of drug-likeness (QED) is 0.560. The SMILES string of the molecule is CCOCCN1N=C(C)[C@@H](C)n2c1nc1c2c(=O)n(Cc2ccccc2F)c(=O)n1C. The summed E-state index contributed by atoms with van der Waals surface area (Å²) in [7, 11) is 1.56. The lowest BCUT2D eigenvalue weighted by molar-refractivity contribution is 0.153. The van der Waals surface area contributed by atoms with Crippen LogP contribution < -0.4 is 16.3 Å². The van der Waals surface area contributed by atoms with Crippen molar-refractivity contribution >= 4 is 22.8 Å². The van der Waals surface area contributed by atoms with Crippen molar-refractivity contribution in [1.29, 1.82) is 0 Å². The molecule has 3 heterocycles. The molecule has 0 unspecified atom stereocenters. The molecule has 1 aliphatic heterocycles. The molecule has 4 rings (SSSR count). The maximum absolute atomic E-state index is 14.2. The molecule has 10 heteroatoms. The first-order valence-corrected chi connectivity index (χ1v) is 10.2. The van der Waals surface area contributed by atoms with Crippen LogP contribution in [0.25, 0.3) is 11.2 Å². The normalized spacial score (nSPS) is 16.0. The topological polar surface area (TPSA) is 86.7 Å². The van der Waals surface area contributed by atoms with Gasteiger partial charge in [0.2, 0.25) is 5.95 Å². The van der Waals surface area contributed by atoms with E-state index in [1.54, 1.807) is 34.8 Å². The van der Waals surface area contributed by atoms with Crippen LogP contribution in [0.4, 0.5) is 10.3 Å². The molecule has 0 spiro atoms.